The minimum absolute atomic E-state index is 0.260. The first-order valence-corrected chi connectivity index (χ1v) is 5.63. The van der Waals surface area contributed by atoms with Gasteiger partial charge in [-0.25, -0.2) is 0 Å². The third-order valence-electron chi connectivity index (χ3n) is 2.82. The normalized spacial score (nSPS) is 18.4. The van der Waals surface area contributed by atoms with Crippen molar-refractivity contribution < 1.29 is 4.74 Å². The molecule has 1 heterocycles. The summed E-state index contributed by atoms with van der Waals surface area (Å²) >= 11 is 0. The van der Waals surface area contributed by atoms with Crippen LogP contribution in [-0.2, 0) is 4.74 Å². The molecule has 0 saturated carbocycles. The second-order valence-corrected chi connectivity index (χ2v) is 4.00. The summed E-state index contributed by atoms with van der Waals surface area (Å²) in [6.45, 7) is 1.58. The van der Waals surface area contributed by atoms with Crippen LogP contribution in [-0.4, -0.2) is 19.3 Å². The zero-order chi connectivity index (χ0) is 12.1. The van der Waals surface area contributed by atoms with Crippen molar-refractivity contribution >= 4 is 5.69 Å². The summed E-state index contributed by atoms with van der Waals surface area (Å²) in [7, 11) is 0. The lowest BCUT2D eigenvalue weighted by molar-refractivity contribution is 0.120. The van der Waals surface area contributed by atoms with E-state index in [1.54, 1.807) is 12.1 Å². The molecular weight excluding hydrogens is 214 g/mol. The molecule has 0 bridgehead atoms. The van der Waals surface area contributed by atoms with Crippen LogP contribution in [0.1, 0.15) is 24.0 Å². The highest BCUT2D eigenvalue weighted by Gasteiger charge is 2.14. The molecule has 0 aromatic heterocycles. The van der Waals surface area contributed by atoms with E-state index in [1.807, 2.05) is 18.2 Å². The molecule has 17 heavy (non-hydrogen) atoms. The van der Waals surface area contributed by atoms with Crippen molar-refractivity contribution in [2.75, 3.05) is 18.5 Å². The maximum Gasteiger partial charge on any atom is 0.101 e. The molecule has 1 N–H and O–H groups in total. The van der Waals surface area contributed by atoms with Crippen LogP contribution in [0.25, 0.3) is 0 Å². The van der Waals surface area contributed by atoms with Crippen LogP contribution < -0.4 is 5.32 Å². The Hall–Kier alpha value is -2.04. The molecule has 4 nitrogen and oxygen atoms in total. The summed E-state index contributed by atoms with van der Waals surface area (Å²) < 4.78 is 5.50. The van der Waals surface area contributed by atoms with Gasteiger partial charge in [-0.3, -0.25) is 0 Å². The minimum atomic E-state index is 0.260. The number of hydrogen-bond acceptors (Lipinski definition) is 4. The highest BCUT2D eigenvalue weighted by Crippen LogP contribution is 2.17. The van der Waals surface area contributed by atoms with Gasteiger partial charge in [0.25, 0.3) is 0 Å². The lowest BCUT2D eigenvalue weighted by Gasteiger charge is -2.12. The molecule has 86 valence electrons. The van der Waals surface area contributed by atoms with Crippen molar-refractivity contribution in [3.05, 3.63) is 29.3 Å². The SMILES string of the molecule is N#Cc1ccc(NCC2CCCO2)cc1C#N. The maximum atomic E-state index is 8.90. The van der Waals surface area contributed by atoms with Gasteiger partial charge in [0.2, 0.25) is 0 Å². The van der Waals surface area contributed by atoms with E-state index in [4.69, 9.17) is 15.3 Å². The van der Waals surface area contributed by atoms with E-state index in [1.165, 1.54) is 0 Å². The Labute approximate surface area is 100 Å². The average molecular weight is 227 g/mol. The standard InChI is InChI=1S/C13H13N3O/c14-7-10-3-4-12(6-11(10)8-15)16-9-13-2-1-5-17-13/h3-4,6,13,16H,1-2,5,9H2. The van der Waals surface area contributed by atoms with Crippen molar-refractivity contribution in [1.82, 2.24) is 0 Å². The zero-order valence-electron chi connectivity index (χ0n) is 9.44. The van der Waals surface area contributed by atoms with Crippen LogP contribution in [0.4, 0.5) is 5.69 Å². The number of rotatable bonds is 3. The molecule has 4 heteroatoms. The van der Waals surface area contributed by atoms with Crippen LogP contribution >= 0.6 is 0 Å². The third-order valence-corrected chi connectivity index (χ3v) is 2.82. The molecule has 1 fully saturated rings. The number of anilines is 1. The van der Waals surface area contributed by atoms with Crippen LogP contribution in [0.3, 0.4) is 0 Å². The first-order valence-electron chi connectivity index (χ1n) is 5.63. The van der Waals surface area contributed by atoms with Gasteiger partial charge in [-0.1, -0.05) is 0 Å². The van der Waals surface area contributed by atoms with Gasteiger partial charge in [0.05, 0.1) is 17.2 Å². The van der Waals surface area contributed by atoms with Gasteiger partial charge in [0, 0.05) is 18.8 Å². The molecule has 0 amide bonds. The number of nitriles is 2. The number of benzene rings is 1. The van der Waals surface area contributed by atoms with Gasteiger partial charge in [0.15, 0.2) is 0 Å². The molecule has 1 aromatic carbocycles. The molecule has 0 spiro atoms. The number of hydrogen-bond donors (Lipinski definition) is 1. The van der Waals surface area contributed by atoms with Crippen molar-refractivity contribution in [3.8, 4) is 12.1 Å². The molecule has 1 saturated heterocycles. The van der Waals surface area contributed by atoms with E-state index >= 15 is 0 Å². The largest absolute Gasteiger partial charge is 0.382 e. The van der Waals surface area contributed by atoms with E-state index < -0.39 is 0 Å². The van der Waals surface area contributed by atoms with Crippen LogP contribution in [0.15, 0.2) is 18.2 Å². The second-order valence-electron chi connectivity index (χ2n) is 4.00. The van der Waals surface area contributed by atoms with Crippen molar-refractivity contribution in [3.63, 3.8) is 0 Å². The summed E-state index contributed by atoms with van der Waals surface area (Å²) in [4.78, 5) is 0. The second kappa shape index (κ2) is 5.34. The summed E-state index contributed by atoms with van der Waals surface area (Å²) in [5, 5.41) is 20.9. The molecule has 0 radical (unpaired) electrons. The van der Waals surface area contributed by atoms with Crippen LogP contribution in [0, 0.1) is 22.7 Å². The Morgan fingerprint density at radius 3 is 2.76 bits per heavy atom. The highest BCUT2D eigenvalue weighted by atomic mass is 16.5. The van der Waals surface area contributed by atoms with Crippen LogP contribution in [0.2, 0.25) is 0 Å². The summed E-state index contributed by atoms with van der Waals surface area (Å²) in [5.41, 5.74) is 1.68. The Kier molecular flexibility index (Phi) is 3.59. The quantitative estimate of drug-likeness (QED) is 0.857. The fourth-order valence-corrected chi connectivity index (χ4v) is 1.88. The van der Waals surface area contributed by atoms with E-state index in [9.17, 15) is 0 Å². The molecule has 1 atom stereocenters. The number of nitrogens with zero attached hydrogens (tertiary/aromatic N) is 2. The molecular formula is C13H13N3O. The van der Waals surface area contributed by atoms with Gasteiger partial charge in [-0.15, -0.1) is 0 Å². The fourth-order valence-electron chi connectivity index (χ4n) is 1.88. The van der Waals surface area contributed by atoms with Gasteiger partial charge in [-0.05, 0) is 31.0 Å². The smallest absolute Gasteiger partial charge is 0.101 e. The topological polar surface area (TPSA) is 68.8 Å². The first kappa shape index (κ1) is 11.4. The van der Waals surface area contributed by atoms with Crippen molar-refractivity contribution in [2.24, 2.45) is 0 Å². The number of ether oxygens (including phenoxy) is 1. The van der Waals surface area contributed by atoms with Crippen molar-refractivity contribution in [2.45, 2.75) is 18.9 Å². The first-order chi connectivity index (χ1) is 8.33. The molecule has 0 aliphatic carbocycles. The zero-order valence-corrected chi connectivity index (χ0v) is 9.44. The lowest BCUT2D eigenvalue weighted by atomic mass is 10.1. The minimum Gasteiger partial charge on any atom is -0.382 e. The van der Waals surface area contributed by atoms with E-state index in [2.05, 4.69) is 5.32 Å². The Bertz CT molecular complexity index is 478. The Morgan fingerprint density at radius 1 is 1.29 bits per heavy atom. The number of nitrogens with one attached hydrogen (secondary N) is 1. The fraction of sp³-hybridized carbons (Fsp3) is 0.385. The Morgan fingerprint density at radius 2 is 2.12 bits per heavy atom. The molecule has 1 aliphatic rings. The van der Waals surface area contributed by atoms with E-state index in [0.29, 0.717) is 11.1 Å². The van der Waals surface area contributed by atoms with E-state index in [0.717, 1.165) is 31.7 Å². The van der Waals surface area contributed by atoms with Crippen molar-refractivity contribution in [1.29, 1.82) is 10.5 Å². The maximum absolute atomic E-state index is 8.90. The highest BCUT2D eigenvalue weighted by molar-refractivity contribution is 5.56. The summed E-state index contributed by atoms with van der Waals surface area (Å²) in [6, 6.07) is 9.20. The molecule has 1 aliphatic heterocycles. The van der Waals surface area contributed by atoms with Gasteiger partial charge in [-0.2, -0.15) is 10.5 Å². The monoisotopic (exact) mass is 227 g/mol. The predicted molar refractivity (Wildman–Crippen MR) is 63.3 cm³/mol. The van der Waals surface area contributed by atoms with Gasteiger partial charge < -0.3 is 10.1 Å². The molecule has 1 unspecified atom stereocenters. The van der Waals surface area contributed by atoms with E-state index in [-0.39, 0.29) is 6.10 Å². The lowest BCUT2D eigenvalue weighted by Crippen LogP contribution is -2.18. The third kappa shape index (κ3) is 2.75. The van der Waals surface area contributed by atoms with Gasteiger partial charge in [0.1, 0.15) is 12.1 Å². The molecule has 1 aromatic rings. The molecule has 2 rings (SSSR count). The summed E-state index contributed by atoms with van der Waals surface area (Å²) in [6.07, 6.45) is 2.45. The summed E-state index contributed by atoms with van der Waals surface area (Å²) in [5.74, 6) is 0. The predicted octanol–water partition coefficient (Wildman–Crippen LogP) is 2.02. The average Bonchev–Trinajstić information content (AvgIpc) is 2.89. The van der Waals surface area contributed by atoms with Crippen LogP contribution in [0.5, 0.6) is 0 Å². The van der Waals surface area contributed by atoms with Gasteiger partial charge >= 0.3 is 0 Å². The Balaban J connectivity index is 2.02.